The Kier molecular flexibility index (Phi) is 6.83. The van der Waals surface area contributed by atoms with Gasteiger partial charge in [0, 0.05) is 18.6 Å². The van der Waals surface area contributed by atoms with Gasteiger partial charge in [-0.2, -0.15) is 0 Å². The van der Waals surface area contributed by atoms with Crippen molar-refractivity contribution in [2.24, 2.45) is 11.8 Å². The van der Waals surface area contributed by atoms with Crippen LogP contribution in [0.2, 0.25) is 0 Å². The molecule has 3 unspecified atom stereocenters. The average molecular weight is 280 g/mol. The summed E-state index contributed by atoms with van der Waals surface area (Å²) in [5.41, 5.74) is 0. The van der Waals surface area contributed by atoms with Crippen LogP contribution in [-0.4, -0.2) is 36.6 Å². The van der Waals surface area contributed by atoms with Gasteiger partial charge in [0.1, 0.15) is 0 Å². The van der Waals surface area contributed by atoms with Crippen LogP contribution in [0.5, 0.6) is 0 Å². The molecule has 0 aromatic carbocycles. The molecule has 2 rings (SSSR count). The van der Waals surface area contributed by atoms with Gasteiger partial charge in [0.05, 0.1) is 0 Å². The molecule has 0 saturated heterocycles. The summed E-state index contributed by atoms with van der Waals surface area (Å²) in [6.07, 6.45) is 11.3. The largest absolute Gasteiger partial charge is 0.314 e. The third-order valence-corrected chi connectivity index (χ3v) is 5.62. The maximum absolute atomic E-state index is 3.84. The third-order valence-electron chi connectivity index (χ3n) is 5.62. The zero-order valence-corrected chi connectivity index (χ0v) is 14.0. The summed E-state index contributed by atoms with van der Waals surface area (Å²) in [7, 11) is 0. The van der Waals surface area contributed by atoms with Crippen LogP contribution in [0.4, 0.5) is 0 Å². The van der Waals surface area contributed by atoms with E-state index in [4.69, 9.17) is 0 Å². The number of rotatable bonds is 7. The fraction of sp³-hybridized carbons (Fsp3) is 1.00. The molecule has 0 aliphatic heterocycles. The summed E-state index contributed by atoms with van der Waals surface area (Å²) in [5, 5.41) is 3.84. The summed E-state index contributed by atoms with van der Waals surface area (Å²) in [6.45, 7) is 10.9. The summed E-state index contributed by atoms with van der Waals surface area (Å²) in [4.78, 5) is 2.80. The first-order valence-corrected chi connectivity index (χ1v) is 9.22. The second-order valence-electron chi connectivity index (χ2n) is 7.26. The Morgan fingerprint density at radius 2 is 1.80 bits per heavy atom. The highest BCUT2D eigenvalue weighted by molar-refractivity contribution is 4.87. The molecule has 2 aliphatic rings. The monoisotopic (exact) mass is 280 g/mol. The molecule has 20 heavy (non-hydrogen) atoms. The molecule has 0 spiro atoms. The first-order valence-electron chi connectivity index (χ1n) is 9.22. The zero-order chi connectivity index (χ0) is 14.4. The minimum absolute atomic E-state index is 0.779. The van der Waals surface area contributed by atoms with Crippen molar-refractivity contribution in [3.05, 3.63) is 0 Å². The van der Waals surface area contributed by atoms with Crippen LogP contribution in [0, 0.1) is 11.8 Å². The van der Waals surface area contributed by atoms with E-state index >= 15 is 0 Å². The van der Waals surface area contributed by atoms with Gasteiger partial charge in [-0.05, 0) is 63.5 Å². The third kappa shape index (κ3) is 4.46. The van der Waals surface area contributed by atoms with Gasteiger partial charge in [-0.15, -0.1) is 0 Å². The molecule has 0 aromatic heterocycles. The molecule has 0 amide bonds. The maximum atomic E-state index is 3.84. The van der Waals surface area contributed by atoms with E-state index in [1.165, 1.54) is 71.0 Å². The van der Waals surface area contributed by atoms with Crippen LogP contribution in [0.3, 0.4) is 0 Å². The van der Waals surface area contributed by atoms with Gasteiger partial charge in [-0.1, -0.05) is 33.6 Å². The summed E-state index contributed by atoms with van der Waals surface area (Å²) >= 11 is 0. The summed E-state index contributed by atoms with van der Waals surface area (Å²) in [6, 6.07) is 1.67. The smallest absolute Gasteiger partial charge is 0.0108 e. The lowest BCUT2D eigenvalue weighted by Crippen LogP contribution is -2.47. The Labute approximate surface area is 126 Å². The average Bonchev–Trinajstić information content (AvgIpc) is 2.97. The van der Waals surface area contributed by atoms with E-state index in [2.05, 4.69) is 31.0 Å². The van der Waals surface area contributed by atoms with E-state index in [1.54, 1.807) is 0 Å². The van der Waals surface area contributed by atoms with Crippen LogP contribution in [0.1, 0.15) is 72.1 Å². The molecule has 2 saturated carbocycles. The second-order valence-corrected chi connectivity index (χ2v) is 7.26. The molecule has 2 heteroatoms. The summed E-state index contributed by atoms with van der Waals surface area (Å²) < 4.78 is 0. The van der Waals surface area contributed by atoms with Crippen molar-refractivity contribution in [1.29, 1.82) is 0 Å². The van der Waals surface area contributed by atoms with Crippen molar-refractivity contribution in [2.75, 3.05) is 19.6 Å². The zero-order valence-electron chi connectivity index (χ0n) is 14.0. The Hall–Kier alpha value is -0.0800. The van der Waals surface area contributed by atoms with Gasteiger partial charge in [0.25, 0.3) is 0 Å². The van der Waals surface area contributed by atoms with E-state index in [9.17, 15) is 0 Å². The highest BCUT2D eigenvalue weighted by atomic mass is 15.2. The van der Waals surface area contributed by atoms with Gasteiger partial charge in [0.15, 0.2) is 0 Å². The van der Waals surface area contributed by atoms with Gasteiger partial charge in [-0.3, -0.25) is 0 Å². The minimum Gasteiger partial charge on any atom is -0.314 e. The van der Waals surface area contributed by atoms with E-state index < -0.39 is 0 Å². The molecule has 2 fully saturated rings. The molecule has 2 aliphatic carbocycles. The molecular formula is C18H36N2. The first-order chi connectivity index (χ1) is 9.74. The summed E-state index contributed by atoms with van der Waals surface area (Å²) in [5.74, 6) is 1.81. The Morgan fingerprint density at radius 1 is 1.05 bits per heavy atom. The molecule has 0 heterocycles. The molecule has 1 N–H and O–H groups in total. The van der Waals surface area contributed by atoms with Crippen LogP contribution in [-0.2, 0) is 0 Å². The number of hydrogen-bond acceptors (Lipinski definition) is 2. The predicted molar refractivity (Wildman–Crippen MR) is 88.1 cm³/mol. The van der Waals surface area contributed by atoms with E-state index in [0.717, 1.165) is 23.9 Å². The number of hydrogen-bond donors (Lipinski definition) is 1. The lowest BCUT2D eigenvalue weighted by Gasteiger charge is -2.40. The van der Waals surface area contributed by atoms with E-state index in [-0.39, 0.29) is 0 Å². The topological polar surface area (TPSA) is 15.3 Å². The number of nitrogens with one attached hydrogen (secondary N) is 1. The first kappa shape index (κ1) is 16.3. The molecule has 0 aromatic rings. The van der Waals surface area contributed by atoms with Crippen molar-refractivity contribution in [1.82, 2.24) is 10.2 Å². The van der Waals surface area contributed by atoms with Crippen molar-refractivity contribution >= 4 is 0 Å². The molecular weight excluding hydrogens is 244 g/mol. The van der Waals surface area contributed by atoms with Crippen molar-refractivity contribution in [3.63, 3.8) is 0 Å². The highest BCUT2D eigenvalue weighted by Crippen LogP contribution is 2.32. The van der Waals surface area contributed by atoms with Crippen LogP contribution >= 0.6 is 0 Å². The van der Waals surface area contributed by atoms with Crippen molar-refractivity contribution < 1.29 is 0 Å². The van der Waals surface area contributed by atoms with Crippen LogP contribution < -0.4 is 5.32 Å². The fourth-order valence-electron chi connectivity index (χ4n) is 4.41. The second kappa shape index (κ2) is 8.38. The van der Waals surface area contributed by atoms with E-state index in [1.807, 2.05) is 0 Å². The lowest BCUT2D eigenvalue weighted by molar-refractivity contribution is 0.119. The van der Waals surface area contributed by atoms with Gasteiger partial charge in [0.2, 0.25) is 0 Å². The Balaban J connectivity index is 1.90. The quantitative estimate of drug-likeness (QED) is 0.756. The minimum atomic E-state index is 0.779. The predicted octanol–water partition coefficient (Wildman–Crippen LogP) is 4.06. The normalized spacial score (nSPS) is 32.1. The molecule has 118 valence electrons. The molecule has 3 atom stereocenters. The SMILES string of the molecule is CCCNC1CCC(C)CC1CN(CC)C1CCCC1. The van der Waals surface area contributed by atoms with Crippen LogP contribution in [0.25, 0.3) is 0 Å². The fourth-order valence-corrected chi connectivity index (χ4v) is 4.41. The molecule has 0 bridgehead atoms. The van der Waals surface area contributed by atoms with Crippen molar-refractivity contribution in [2.45, 2.75) is 84.2 Å². The molecule has 2 nitrogen and oxygen atoms in total. The van der Waals surface area contributed by atoms with Crippen molar-refractivity contribution in [3.8, 4) is 0 Å². The van der Waals surface area contributed by atoms with Gasteiger partial charge >= 0.3 is 0 Å². The van der Waals surface area contributed by atoms with Crippen LogP contribution in [0.15, 0.2) is 0 Å². The molecule has 0 radical (unpaired) electrons. The highest BCUT2D eigenvalue weighted by Gasteiger charge is 2.31. The van der Waals surface area contributed by atoms with Gasteiger partial charge < -0.3 is 10.2 Å². The standard InChI is InChI=1S/C18H36N2/c1-4-12-19-18-11-10-15(3)13-16(18)14-20(5-2)17-8-6-7-9-17/h15-19H,4-14H2,1-3H3. The lowest BCUT2D eigenvalue weighted by atomic mass is 9.78. The van der Waals surface area contributed by atoms with Gasteiger partial charge in [-0.25, -0.2) is 0 Å². The number of nitrogens with zero attached hydrogens (tertiary/aromatic N) is 1. The Bertz CT molecular complexity index is 258. The maximum Gasteiger partial charge on any atom is 0.0108 e. The Morgan fingerprint density at radius 3 is 2.45 bits per heavy atom. The van der Waals surface area contributed by atoms with E-state index in [0.29, 0.717) is 0 Å².